The van der Waals surface area contributed by atoms with Crippen LogP contribution in [0.1, 0.15) is 96.8 Å². The largest absolute Gasteiger partial charge is 0.453 e. The van der Waals surface area contributed by atoms with E-state index >= 15 is 0 Å². The van der Waals surface area contributed by atoms with Crippen LogP contribution in [-0.4, -0.2) is 71.8 Å². The second kappa shape index (κ2) is 12.4. The molecule has 6 aliphatic rings. The van der Waals surface area contributed by atoms with E-state index in [1.54, 1.807) is 6.92 Å². The standard InChI is InChI=1S/C35H48O9/c1-5-30(36)42-33(15-8-16-33)28-12-11-26(41-28)24-20-35(21-24,44-32(38)22(3)4)29-13-10-25(40-29)23-14-17-34(19-23,43-31(37)6-2)27-9-7-18-39-27/h5-6,23-29H,1-3,7-21H2,4H3. The molecule has 44 heavy (non-hydrogen) atoms. The van der Waals surface area contributed by atoms with E-state index in [4.69, 9.17) is 28.4 Å². The lowest BCUT2D eigenvalue weighted by molar-refractivity contribution is -0.225. The molecule has 3 saturated heterocycles. The van der Waals surface area contributed by atoms with Crippen LogP contribution in [0.4, 0.5) is 0 Å². The number of esters is 3. The molecule has 3 saturated carbocycles. The maximum absolute atomic E-state index is 12.9. The molecular formula is C35H48O9. The van der Waals surface area contributed by atoms with Crippen molar-refractivity contribution in [2.45, 2.75) is 144 Å². The molecule has 6 rings (SSSR count). The molecular weight excluding hydrogens is 564 g/mol. The van der Waals surface area contributed by atoms with E-state index in [0.29, 0.717) is 31.4 Å². The van der Waals surface area contributed by atoms with Crippen molar-refractivity contribution in [1.82, 2.24) is 0 Å². The van der Waals surface area contributed by atoms with Crippen molar-refractivity contribution in [2.75, 3.05) is 6.61 Å². The van der Waals surface area contributed by atoms with Gasteiger partial charge in [-0.1, -0.05) is 19.7 Å². The Balaban J connectivity index is 1.10. The molecule has 9 heteroatoms. The lowest BCUT2D eigenvalue weighted by Gasteiger charge is -2.52. The Bertz CT molecular complexity index is 1160. The monoisotopic (exact) mass is 612 g/mol. The fourth-order valence-electron chi connectivity index (χ4n) is 8.90. The molecule has 0 bridgehead atoms. The lowest BCUT2D eigenvalue weighted by atomic mass is 9.64. The summed E-state index contributed by atoms with van der Waals surface area (Å²) in [6, 6.07) is 0. The highest BCUT2D eigenvalue weighted by Gasteiger charge is 2.61. The van der Waals surface area contributed by atoms with Gasteiger partial charge >= 0.3 is 17.9 Å². The number of rotatable bonds is 11. The molecule has 3 aliphatic heterocycles. The molecule has 3 heterocycles. The van der Waals surface area contributed by atoms with E-state index in [1.807, 2.05) is 0 Å². The van der Waals surface area contributed by atoms with E-state index in [0.717, 1.165) is 70.6 Å². The van der Waals surface area contributed by atoms with Crippen LogP contribution in [0.15, 0.2) is 37.5 Å². The van der Waals surface area contributed by atoms with Gasteiger partial charge in [-0.05, 0) is 109 Å². The number of hydrogen-bond acceptors (Lipinski definition) is 9. The first-order valence-electron chi connectivity index (χ1n) is 16.6. The molecule has 0 aromatic rings. The van der Waals surface area contributed by atoms with Crippen LogP contribution in [0.5, 0.6) is 0 Å². The van der Waals surface area contributed by atoms with Gasteiger partial charge in [0, 0.05) is 24.3 Å². The second-order valence-corrected chi connectivity index (χ2v) is 14.1. The molecule has 242 valence electrons. The molecule has 9 nitrogen and oxygen atoms in total. The van der Waals surface area contributed by atoms with Gasteiger partial charge in [0.1, 0.15) is 16.8 Å². The molecule has 0 radical (unpaired) electrons. The lowest BCUT2D eigenvalue weighted by Crippen LogP contribution is -2.59. The van der Waals surface area contributed by atoms with Gasteiger partial charge in [0.15, 0.2) is 0 Å². The third-order valence-corrected chi connectivity index (χ3v) is 11.4. The smallest absolute Gasteiger partial charge is 0.333 e. The maximum atomic E-state index is 12.9. The van der Waals surface area contributed by atoms with Crippen LogP contribution in [-0.2, 0) is 42.8 Å². The van der Waals surface area contributed by atoms with E-state index in [2.05, 4.69) is 19.7 Å². The third kappa shape index (κ3) is 5.80. The first kappa shape index (κ1) is 31.5. The number of carbonyl (C=O) groups is 3. The Morgan fingerprint density at radius 2 is 1.27 bits per heavy atom. The summed E-state index contributed by atoms with van der Waals surface area (Å²) < 4.78 is 37.4. The van der Waals surface area contributed by atoms with Crippen molar-refractivity contribution >= 4 is 17.9 Å². The normalized spacial score (nSPS) is 40.8. The van der Waals surface area contributed by atoms with Crippen molar-refractivity contribution in [3.8, 4) is 0 Å². The van der Waals surface area contributed by atoms with Crippen molar-refractivity contribution < 1.29 is 42.8 Å². The third-order valence-electron chi connectivity index (χ3n) is 11.4. The fraction of sp³-hybridized carbons (Fsp3) is 0.743. The summed E-state index contributed by atoms with van der Waals surface area (Å²) in [5.74, 6) is -0.739. The van der Waals surface area contributed by atoms with Gasteiger partial charge in [0.2, 0.25) is 0 Å². The summed E-state index contributed by atoms with van der Waals surface area (Å²) in [7, 11) is 0. The molecule has 0 aromatic heterocycles. The molecule has 0 N–H and O–H groups in total. The zero-order valence-corrected chi connectivity index (χ0v) is 26.1. The predicted octanol–water partition coefficient (Wildman–Crippen LogP) is 5.45. The summed E-state index contributed by atoms with van der Waals surface area (Å²) in [4.78, 5) is 37.2. The van der Waals surface area contributed by atoms with Crippen LogP contribution in [0, 0.1) is 11.8 Å². The molecule has 6 fully saturated rings. The highest BCUT2D eigenvalue weighted by Crippen LogP contribution is 2.55. The SMILES string of the molecule is C=CC(=O)OC1(C2CCCO2)CCC(C2CCC(C3(OC(=O)C(=C)C)CC(C4CCC(C5(OC(=O)C=C)CCC5)O4)C3)O2)C1. The Hall–Kier alpha value is -2.49. The zero-order chi connectivity index (χ0) is 31.1. The van der Waals surface area contributed by atoms with Gasteiger partial charge in [0.25, 0.3) is 0 Å². The Kier molecular flexibility index (Phi) is 8.85. The molecule has 0 spiro atoms. The van der Waals surface area contributed by atoms with Crippen LogP contribution >= 0.6 is 0 Å². The summed E-state index contributed by atoms with van der Waals surface area (Å²) in [5, 5.41) is 0. The minimum absolute atomic E-state index is 0.00435. The number of ether oxygens (including phenoxy) is 6. The topological polar surface area (TPSA) is 107 Å². The first-order valence-corrected chi connectivity index (χ1v) is 16.6. The summed E-state index contributed by atoms with van der Waals surface area (Å²) >= 11 is 0. The summed E-state index contributed by atoms with van der Waals surface area (Å²) in [6.07, 6.45) is 13.6. The van der Waals surface area contributed by atoms with Gasteiger partial charge in [0.05, 0.1) is 30.5 Å². The Morgan fingerprint density at radius 1 is 0.682 bits per heavy atom. The zero-order valence-electron chi connectivity index (χ0n) is 26.1. The van der Waals surface area contributed by atoms with Gasteiger partial charge in [-0.25, -0.2) is 14.4 Å². The van der Waals surface area contributed by atoms with E-state index < -0.39 is 28.7 Å². The molecule has 0 amide bonds. The van der Waals surface area contributed by atoms with E-state index in [-0.39, 0.29) is 48.3 Å². The average Bonchev–Trinajstić information content (AvgIpc) is 3.78. The minimum Gasteiger partial charge on any atom is -0.453 e. The van der Waals surface area contributed by atoms with Gasteiger partial charge in [-0.2, -0.15) is 0 Å². The van der Waals surface area contributed by atoms with Crippen LogP contribution < -0.4 is 0 Å². The molecule has 0 aromatic carbocycles. The van der Waals surface area contributed by atoms with Gasteiger partial charge in [-0.3, -0.25) is 0 Å². The number of hydrogen-bond donors (Lipinski definition) is 0. The molecule has 3 aliphatic carbocycles. The predicted molar refractivity (Wildman–Crippen MR) is 160 cm³/mol. The summed E-state index contributed by atoms with van der Waals surface area (Å²) in [5.41, 5.74) is -1.54. The van der Waals surface area contributed by atoms with E-state index in [1.165, 1.54) is 12.2 Å². The minimum atomic E-state index is -0.722. The van der Waals surface area contributed by atoms with E-state index in [9.17, 15) is 14.4 Å². The number of carbonyl (C=O) groups excluding carboxylic acids is 3. The first-order chi connectivity index (χ1) is 21.1. The van der Waals surface area contributed by atoms with Crippen LogP contribution in [0.25, 0.3) is 0 Å². The van der Waals surface area contributed by atoms with Crippen LogP contribution in [0.3, 0.4) is 0 Å². The fourth-order valence-corrected chi connectivity index (χ4v) is 8.90. The van der Waals surface area contributed by atoms with Gasteiger partial charge < -0.3 is 28.4 Å². The van der Waals surface area contributed by atoms with Crippen molar-refractivity contribution in [1.29, 1.82) is 0 Å². The quantitative estimate of drug-likeness (QED) is 0.171. The second-order valence-electron chi connectivity index (χ2n) is 14.1. The summed E-state index contributed by atoms with van der Waals surface area (Å²) in [6.45, 7) is 13.3. The molecule has 7 unspecified atom stereocenters. The van der Waals surface area contributed by atoms with Crippen molar-refractivity contribution in [2.24, 2.45) is 11.8 Å². The van der Waals surface area contributed by atoms with Crippen molar-refractivity contribution in [3.05, 3.63) is 37.5 Å². The Labute approximate surface area is 260 Å². The molecule has 7 atom stereocenters. The Morgan fingerprint density at radius 3 is 1.82 bits per heavy atom. The van der Waals surface area contributed by atoms with Crippen molar-refractivity contribution in [3.63, 3.8) is 0 Å². The maximum Gasteiger partial charge on any atom is 0.333 e. The highest BCUT2D eigenvalue weighted by molar-refractivity contribution is 5.87. The van der Waals surface area contributed by atoms with Gasteiger partial charge in [-0.15, -0.1) is 0 Å². The average molecular weight is 613 g/mol. The van der Waals surface area contributed by atoms with Crippen LogP contribution in [0.2, 0.25) is 0 Å². The highest BCUT2D eigenvalue weighted by atomic mass is 16.6.